The molecule has 0 saturated carbocycles. The Morgan fingerprint density at radius 3 is 2.60 bits per heavy atom. The van der Waals surface area contributed by atoms with Crippen LogP contribution < -0.4 is 15.0 Å². The lowest BCUT2D eigenvalue weighted by molar-refractivity contribution is 0.221. The molecule has 6 nitrogen and oxygen atoms in total. The average molecular weight is 341 g/mol. The molecule has 2 fully saturated rings. The maximum atomic E-state index is 5.31. The van der Waals surface area contributed by atoms with Gasteiger partial charge >= 0.3 is 0 Å². The molecule has 6 heteroatoms. The second kappa shape index (κ2) is 7.54. The number of nitrogens with zero attached hydrogens (tertiary/aromatic N) is 4. The minimum atomic E-state index is 0.626. The highest BCUT2D eigenvalue weighted by molar-refractivity contribution is 5.81. The molecule has 2 aromatic rings. The number of anilines is 1. The molecule has 134 valence electrons. The van der Waals surface area contributed by atoms with E-state index in [0.717, 1.165) is 49.6 Å². The van der Waals surface area contributed by atoms with Crippen LogP contribution in [0.5, 0.6) is 5.88 Å². The van der Waals surface area contributed by atoms with Crippen LogP contribution in [0.2, 0.25) is 0 Å². The number of aromatic nitrogens is 2. The summed E-state index contributed by atoms with van der Waals surface area (Å²) in [7, 11) is 1.66. The van der Waals surface area contributed by atoms with Crippen molar-refractivity contribution < 1.29 is 4.74 Å². The molecular weight excluding hydrogens is 314 g/mol. The van der Waals surface area contributed by atoms with Crippen molar-refractivity contribution in [3.05, 3.63) is 23.8 Å². The first-order valence-corrected chi connectivity index (χ1v) is 9.36. The highest BCUT2D eigenvalue weighted by atomic mass is 16.5. The molecule has 4 rings (SSSR count). The van der Waals surface area contributed by atoms with E-state index in [2.05, 4.69) is 32.2 Å². The summed E-state index contributed by atoms with van der Waals surface area (Å²) >= 11 is 0. The molecule has 2 aromatic heterocycles. The van der Waals surface area contributed by atoms with Crippen molar-refractivity contribution >= 4 is 16.9 Å². The first kappa shape index (κ1) is 16.5. The van der Waals surface area contributed by atoms with Crippen LogP contribution in [-0.4, -0.2) is 61.2 Å². The van der Waals surface area contributed by atoms with Gasteiger partial charge in [-0.05, 0) is 43.6 Å². The SMILES string of the molecule is COc1ccc2c(CN3CCCCC3)cc(N3CCNCC3)nc2n1. The fourth-order valence-electron chi connectivity index (χ4n) is 3.80. The van der Waals surface area contributed by atoms with Crippen molar-refractivity contribution in [3.8, 4) is 5.88 Å². The van der Waals surface area contributed by atoms with Crippen LogP contribution in [0.25, 0.3) is 11.0 Å². The minimum absolute atomic E-state index is 0.626. The molecule has 2 aliphatic rings. The van der Waals surface area contributed by atoms with Gasteiger partial charge in [-0.2, -0.15) is 4.98 Å². The van der Waals surface area contributed by atoms with E-state index in [1.54, 1.807) is 7.11 Å². The third-order valence-corrected chi connectivity index (χ3v) is 5.21. The van der Waals surface area contributed by atoms with Crippen molar-refractivity contribution in [2.24, 2.45) is 0 Å². The molecule has 0 amide bonds. The molecule has 0 aliphatic carbocycles. The van der Waals surface area contributed by atoms with E-state index >= 15 is 0 Å². The van der Waals surface area contributed by atoms with Gasteiger partial charge in [0, 0.05) is 44.2 Å². The Balaban J connectivity index is 1.71. The summed E-state index contributed by atoms with van der Waals surface area (Å²) in [6.07, 6.45) is 3.97. The van der Waals surface area contributed by atoms with Gasteiger partial charge in [-0.15, -0.1) is 0 Å². The highest BCUT2D eigenvalue weighted by Crippen LogP contribution is 2.26. The Hall–Kier alpha value is -1.92. The lowest BCUT2D eigenvalue weighted by atomic mass is 10.1. The van der Waals surface area contributed by atoms with Gasteiger partial charge in [0.25, 0.3) is 0 Å². The molecule has 0 aromatic carbocycles. The molecule has 4 heterocycles. The third kappa shape index (κ3) is 3.70. The standard InChI is InChI=1S/C19H27N5O/c1-25-18-6-5-16-15(14-23-9-3-2-4-10-23)13-17(21-19(16)22-18)24-11-7-20-8-12-24/h5-6,13,20H,2-4,7-12,14H2,1H3. The van der Waals surface area contributed by atoms with E-state index in [-0.39, 0.29) is 0 Å². The van der Waals surface area contributed by atoms with Gasteiger partial charge in [-0.1, -0.05) is 6.42 Å². The van der Waals surface area contributed by atoms with E-state index in [9.17, 15) is 0 Å². The number of methoxy groups -OCH3 is 1. The normalized spacial score (nSPS) is 19.3. The average Bonchev–Trinajstić information content (AvgIpc) is 2.69. The fraction of sp³-hybridized carbons (Fsp3) is 0.579. The Bertz CT molecular complexity index is 723. The van der Waals surface area contributed by atoms with Crippen LogP contribution in [0.3, 0.4) is 0 Å². The zero-order chi connectivity index (χ0) is 17.1. The summed E-state index contributed by atoms with van der Waals surface area (Å²) in [6.45, 7) is 7.36. The quantitative estimate of drug-likeness (QED) is 0.918. The predicted molar refractivity (Wildman–Crippen MR) is 100 cm³/mol. The van der Waals surface area contributed by atoms with Gasteiger partial charge in [-0.3, -0.25) is 4.90 Å². The highest BCUT2D eigenvalue weighted by Gasteiger charge is 2.18. The summed E-state index contributed by atoms with van der Waals surface area (Å²) in [4.78, 5) is 14.4. The number of nitrogens with one attached hydrogen (secondary N) is 1. The monoisotopic (exact) mass is 341 g/mol. The number of piperazine rings is 1. The van der Waals surface area contributed by atoms with Gasteiger partial charge < -0.3 is 15.0 Å². The first-order chi connectivity index (χ1) is 12.3. The molecule has 0 bridgehead atoms. The molecular formula is C19H27N5O. The van der Waals surface area contributed by atoms with Crippen LogP contribution >= 0.6 is 0 Å². The van der Waals surface area contributed by atoms with E-state index in [1.807, 2.05) is 6.07 Å². The van der Waals surface area contributed by atoms with Crippen LogP contribution in [0.1, 0.15) is 24.8 Å². The molecule has 2 saturated heterocycles. The topological polar surface area (TPSA) is 53.5 Å². The fourth-order valence-corrected chi connectivity index (χ4v) is 3.80. The van der Waals surface area contributed by atoms with Gasteiger partial charge in [0.15, 0.2) is 5.65 Å². The summed E-state index contributed by atoms with van der Waals surface area (Å²) in [6, 6.07) is 6.32. The number of pyridine rings is 2. The third-order valence-electron chi connectivity index (χ3n) is 5.21. The Morgan fingerprint density at radius 1 is 1.04 bits per heavy atom. The van der Waals surface area contributed by atoms with Gasteiger partial charge in [-0.25, -0.2) is 4.98 Å². The minimum Gasteiger partial charge on any atom is -0.481 e. The zero-order valence-corrected chi connectivity index (χ0v) is 15.0. The van der Waals surface area contributed by atoms with E-state index in [1.165, 1.54) is 37.9 Å². The number of hydrogen-bond acceptors (Lipinski definition) is 6. The smallest absolute Gasteiger partial charge is 0.215 e. The van der Waals surface area contributed by atoms with Gasteiger partial charge in [0.05, 0.1) is 7.11 Å². The van der Waals surface area contributed by atoms with Crippen LogP contribution in [0, 0.1) is 0 Å². The van der Waals surface area contributed by atoms with E-state index in [4.69, 9.17) is 9.72 Å². The molecule has 0 unspecified atom stereocenters. The van der Waals surface area contributed by atoms with Crippen molar-refractivity contribution in [1.82, 2.24) is 20.2 Å². The molecule has 0 atom stereocenters. The second-order valence-corrected chi connectivity index (χ2v) is 6.94. The Morgan fingerprint density at radius 2 is 1.84 bits per heavy atom. The molecule has 25 heavy (non-hydrogen) atoms. The van der Waals surface area contributed by atoms with Crippen molar-refractivity contribution in [2.75, 3.05) is 51.3 Å². The lowest BCUT2D eigenvalue weighted by Gasteiger charge is -2.30. The number of hydrogen-bond donors (Lipinski definition) is 1. The largest absolute Gasteiger partial charge is 0.481 e. The summed E-state index contributed by atoms with van der Waals surface area (Å²) in [5.41, 5.74) is 2.12. The van der Waals surface area contributed by atoms with Gasteiger partial charge in [0.1, 0.15) is 5.82 Å². The molecule has 1 N–H and O–H groups in total. The molecule has 0 spiro atoms. The molecule has 2 aliphatic heterocycles. The zero-order valence-electron chi connectivity index (χ0n) is 15.0. The second-order valence-electron chi connectivity index (χ2n) is 6.94. The van der Waals surface area contributed by atoms with Crippen molar-refractivity contribution in [2.45, 2.75) is 25.8 Å². The molecule has 0 radical (unpaired) electrons. The number of piperidine rings is 1. The van der Waals surface area contributed by atoms with Crippen molar-refractivity contribution in [3.63, 3.8) is 0 Å². The Kier molecular flexibility index (Phi) is 4.99. The maximum absolute atomic E-state index is 5.31. The van der Waals surface area contributed by atoms with Crippen LogP contribution in [0.15, 0.2) is 18.2 Å². The van der Waals surface area contributed by atoms with Crippen LogP contribution in [-0.2, 0) is 6.54 Å². The first-order valence-electron chi connectivity index (χ1n) is 9.36. The summed E-state index contributed by atoms with van der Waals surface area (Å²) < 4.78 is 5.31. The number of likely N-dealkylation sites (tertiary alicyclic amines) is 1. The summed E-state index contributed by atoms with van der Waals surface area (Å²) in [5.74, 6) is 1.67. The van der Waals surface area contributed by atoms with E-state index in [0.29, 0.717) is 5.88 Å². The Labute approximate surface area is 149 Å². The number of ether oxygens (including phenoxy) is 1. The number of fused-ring (bicyclic) bond motifs is 1. The van der Waals surface area contributed by atoms with Crippen molar-refractivity contribution in [1.29, 1.82) is 0 Å². The maximum Gasteiger partial charge on any atom is 0.215 e. The van der Waals surface area contributed by atoms with Gasteiger partial charge in [0.2, 0.25) is 5.88 Å². The number of rotatable bonds is 4. The predicted octanol–water partition coefficient (Wildman–Crippen LogP) is 2.03. The summed E-state index contributed by atoms with van der Waals surface area (Å²) in [5, 5.41) is 4.55. The lowest BCUT2D eigenvalue weighted by Crippen LogP contribution is -2.44. The van der Waals surface area contributed by atoms with Crippen LogP contribution in [0.4, 0.5) is 5.82 Å². The van der Waals surface area contributed by atoms with E-state index < -0.39 is 0 Å².